The summed E-state index contributed by atoms with van der Waals surface area (Å²) in [6.45, 7) is 6.01. The van der Waals surface area contributed by atoms with Gasteiger partial charge in [0.25, 0.3) is 0 Å². The molecule has 0 atom stereocenters. The van der Waals surface area contributed by atoms with Crippen LogP contribution in [-0.2, 0) is 4.79 Å². The Morgan fingerprint density at radius 2 is 2.05 bits per heavy atom. The number of aryl methyl sites for hydroxylation is 1. The van der Waals surface area contributed by atoms with Crippen LogP contribution in [0.4, 0.5) is 6.01 Å². The zero-order chi connectivity index (χ0) is 15.2. The fraction of sp³-hybridized carbons (Fsp3) is 0.294. The molecule has 2 rings (SSSR count). The van der Waals surface area contributed by atoms with Crippen LogP contribution in [0.3, 0.4) is 0 Å². The predicted octanol–water partition coefficient (Wildman–Crippen LogP) is 3.69. The van der Waals surface area contributed by atoms with Gasteiger partial charge in [-0.3, -0.25) is 9.69 Å². The number of aromatic nitrogens is 1. The molecule has 21 heavy (non-hydrogen) atoms. The number of carbonyl (C=O) groups excluding carboxylic acids is 1. The zero-order valence-electron chi connectivity index (χ0n) is 12.6. The van der Waals surface area contributed by atoms with Crippen molar-refractivity contribution in [3.05, 3.63) is 53.9 Å². The summed E-state index contributed by atoms with van der Waals surface area (Å²) in [4.78, 5) is 18.1. The van der Waals surface area contributed by atoms with Gasteiger partial charge < -0.3 is 4.42 Å². The minimum Gasteiger partial charge on any atom is -0.431 e. The summed E-state index contributed by atoms with van der Waals surface area (Å²) in [5.74, 6) is -0.114. The first kappa shape index (κ1) is 15.0. The van der Waals surface area contributed by atoms with E-state index in [4.69, 9.17) is 4.42 Å². The van der Waals surface area contributed by atoms with E-state index in [9.17, 15) is 4.79 Å². The van der Waals surface area contributed by atoms with Crippen molar-refractivity contribution < 1.29 is 9.21 Å². The van der Waals surface area contributed by atoms with Crippen LogP contribution in [0.25, 0.3) is 6.08 Å². The Morgan fingerprint density at radius 1 is 1.33 bits per heavy atom. The number of hydrogen-bond acceptors (Lipinski definition) is 3. The van der Waals surface area contributed by atoms with Gasteiger partial charge in [0.1, 0.15) is 6.26 Å². The molecule has 0 N–H and O–H groups in total. The number of benzene rings is 1. The van der Waals surface area contributed by atoms with Crippen molar-refractivity contribution in [1.29, 1.82) is 0 Å². The summed E-state index contributed by atoms with van der Waals surface area (Å²) in [5, 5.41) is 0. The number of amides is 1. The highest BCUT2D eigenvalue weighted by Crippen LogP contribution is 2.16. The van der Waals surface area contributed by atoms with Gasteiger partial charge in [-0.15, -0.1) is 0 Å². The molecule has 0 aliphatic heterocycles. The van der Waals surface area contributed by atoms with Crippen LogP contribution in [-0.4, -0.2) is 17.4 Å². The molecule has 4 nitrogen and oxygen atoms in total. The molecule has 4 heteroatoms. The van der Waals surface area contributed by atoms with Crippen LogP contribution < -0.4 is 4.90 Å². The molecule has 0 aliphatic carbocycles. The molecule has 0 fully saturated rings. The molecule has 2 aromatic rings. The fourth-order valence-corrected chi connectivity index (χ4v) is 1.90. The largest absolute Gasteiger partial charge is 0.431 e. The van der Waals surface area contributed by atoms with E-state index in [1.807, 2.05) is 63.3 Å². The molecule has 0 saturated heterocycles. The summed E-state index contributed by atoms with van der Waals surface area (Å²) in [5.41, 5.74) is 1.86. The molecule has 1 aromatic heterocycles. The molecule has 1 aromatic carbocycles. The highest BCUT2D eigenvalue weighted by molar-refractivity contribution is 5.93. The summed E-state index contributed by atoms with van der Waals surface area (Å²) in [6.07, 6.45) is 5.47. The molecule has 1 heterocycles. The molecular formula is C17H20N2O2. The molecule has 110 valence electrons. The molecule has 1 amide bonds. The average Bonchev–Trinajstić information content (AvgIpc) is 2.90. The third-order valence-corrected chi connectivity index (χ3v) is 3.00. The second kappa shape index (κ2) is 6.88. The maximum absolute atomic E-state index is 12.3. The minimum absolute atomic E-state index is 0.00504. The molecule has 0 bridgehead atoms. The Kier molecular flexibility index (Phi) is 4.93. The van der Waals surface area contributed by atoms with Gasteiger partial charge in [-0.1, -0.05) is 56.3 Å². The molecule has 0 unspecified atom stereocenters. The number of anilines is 1. The Labute approximate surface area is 125 Å². The van der Waals surface area contributed by atoms with Crippen molar-refractivity contribution in [3.63, 3.8) is 0 Å². The SMILES string of the molecule is Cc1coc(N(C/C=C/c2ccccc2)C(=O)C(C)C)n1. The van der Waals surface area contributed by atoms with Crippen LogP contribution in [0.2, 0.25) is 0 Å². The van der Waals surface area contributed by atoms with E-state index in [2.05, 4.69) is 4.98 Å². The van der Waals surface area contributed by atoms with Crippen LogP contribution in [0.1, 0.15) is 25.1 Å². The van der Waals surface area contributed by atoms with E-state index < -0.39 is 0 Å². The van der Waals surface area contributed by atoms with E-state index in [1.54, 1.807) is 11.2 Å². The topological polar surface area (TPSA) is 46.3 Å². The zero-order valence-corrected chi connectivity index (χ0v) is 12.6. The molecule has 0 radical (unpaired) electrons. The van der Waals surface area contributed by atoms with Gasteiger partial charge in [-0.05, 0) is 12.5 Å². The first-order valence-corrected chi connectivity index (χ1v) is 7.03. The lowest BCUT2D eigenvalue weighted by molar-refractivity contribution is -0.121. The fourth-order valence-electron chi connectivity index (χ4n) is 1.90. The number of nitrogens with zero attached hydrogens (tertiary/aromatic N) is 2. The van der Waals surface area contributed by atoms with Crippen molar-refractivity contribution in [2.24, 2.45) is 5.92 Å². The third-order valence-electron chi connectivity index (χ3n) is 3.00. The smallest absolute Gasteiger partial charge is 0.304 e. The van der Waals surface area contributed by atoms with Crippen LogP contribution in [0, 0.1) is 12.8 Å². The van der Waals surface area contributed by atoms with Crippen LogP contribution in [0.5, 0.6) is 0 Å². The van der Waals surface area contributed by atoms with E-state index in [1.165, 1.54) is 0 Å². The van der Waals surface area contributed by atoms with Gasteiger partial charge >= 0.3 is 6.01 Å². The highest BCUT2D eigenvalue weighted by Gasteiger charge is 2.21. The predicted molar refractivity (Wildman–Crippen MR) is 83.9 cm³/mol. The average molecular weight is 284 g/mol. The Hall–Kier alpha value is -2.36. The molecule has 0 saturated carbocycles. The van der Waals surface area contributed by atoms with Crippen molar-refractivity contribution in [2.75, 3.05) is 11.4 Å². The first-order valence-electron chi connectivity index (χ1n) is 7.03. The number of carbonyl (C=O) groups is 1. The standard InChI is InChI=1S/C17H20N2O2/c1-13(2)16(20)19(17-18-14(3)12-21-17)11-7-10-15-8-5-4-6-9-15/h4-10,12-13H,11H2,1-3H3/b10-7+. The molecular weight excluding hydrogens is 264 g/mol. The van der Waals surface area contributed by atoms with Gasteiger partial charge in [0.2, 0.25) is 5.91 Å². The summed E-state index contributed by atoms with van der Waals surface area (Å²) in [7, 11) is 0. The number of hydrogen-bond donors (Lipinski definition) is 0. The quantitative estimate of drug-likeness (QED) is 0.841. The van der Waals surface area contributed by atoms with Gasteiger partial charge in [0, 0.05) is 12.5 Å². The maximum Gasteiger partial charge on any atom is 0.304 e. The van der Waals surface area contributed by atoms with E-state index in [0.29, 0.717) is 12.6 Å². The molecule has 0 aliphatic rings. The minimum atomic E-state index is -0.109. The normalized spacial score (nSPS) is 11.2. The van der Waals surface area contributed by atoms with E-state index >= 15 is 0 Å². The van der Waals surface area contributed by atoms with Crippen molar-refractivity contribution in [2.45, 2.75) is 20.8 Å². The van der Waals surface area contributed by atoms with Gasteiger partial charge in [-0.25, -0.2) is 0 Å². The summed E-state index contributed by atoms with van der Waals surface area (Å²) in [6, 6.07) is 10.3. The summed E-state index contributed by atoms with van der Waals surface area (Å²) >= 11 is 0. The second-order valence-corrected chi connectivity index (χ2v) is 5.19. The second-order valence-electron chi connectivity index (χ2n) is 5.19. The van der Waals surface area contributed by atoms with Crippen molar-refractivity contribution in [3.8, 4) is 0 Å². The Bertz CT molecular complexity index is 615. The first-order chi connectivity index (χ1) is 10.1. The van der Waals surface area contributed by atoms with Gasteiger partial charge in [0.05, 0.1) is 5.69 Å². The van der Waals surface area contributed by atoms with Gasteiger partial charge in [0.15, 0.2) is 0 Å². The highest BCUT2D eigenvalue weighted by atomic mass is 16.4. The maximum atomic E-state index is 12.3. The van der Waals surface area contributed by atoms with E-state index in [0.717, 1.165) is 11.3 Å². The van der Waals surface area contributed by atoms with E-state index in [-0.39, 0.29) is 11.8 Å². The Balaban J connectivity index is 2.13. The Morgan fingerprint density at radius 3 is 2.62 bits per heavy atom. The lowest BCUT2D eigenvalue weighted by atomic mass is 10.2. The monoisotopic (exact) mass is 284 g/mol. The number of rotatable bonds is 5. The van der Waals surface area contributed by atoms with Crippen LogP contribution in [0.15, 0.2) is 47.1 Å². The van der Waals surface area contributed by atoms with Crippen molar-refractivity contribution >= 4 is 18.0 Å². The lowest BCUT2D eigenvalue weighted by Crippen LogP contribution is -2.34. The molecule has 0 spiro atoms. The summed E-state index contributed by atoms with van der Waals surface area (Å²) < 4.78 is 5.36. The number of oxazole rings is 1. The van der Waals surface area contributed by atoms with Gasteiger partial charge in [-0.2, -0.15) is 4.98 Å². The third kappa shape index (κ3) is 4.05. The van der Waals surface area contributed by atoms with Crippen molar-refractivity contribution in [1.82, 2.24) is 4.98 Å². The lowest BCUT2D eigenvalue weighted by Gasteiger charge is -2.18. The van der Waals surface area contributed by atoms with Crippen LogP contribution >= 0.6 is 0 Å².